The van der Waals surface area contributed by atoms with Crippen molar-refractivity contribution in [3.05, 3.63) is 66.6 Å². The number of aliphatic hydroxyl groups excluding tert-OH is 1. The average molecular weight is 489 g/mol. The molecule has 11 nitrogen and oxygen atoms in total. The molecule has 0 saturated carbocycles. The van der Waals surface area contributed by atoms with Crippen molar-refractivity contribution in [2.75, 3.05) is 35.3 Å². The number of nitrogens with zero attached hydrogens (tertiary/aromatic N) is 7. The number of fused-ring (bicyclic) bond motifs is 2. The van der Waals surface area contributed by atoms with Gasteiger partial charge in [-0.05, 0) is 25.5 Å². The number of aliphatic hydroxyl groups is 1. The number of para-hydroxylation sites is 1. The largest absolute Gasteiger partial charge is 0.394 e. The molecule has 2 N–H and O–H groups in total. The molecule has 11 heteroatoms. The smallest absolute Gasteiger partial charge is 0.326 e. The zero-order valence-corrected chi connectivity index (χ0v) is 20.3. The van der Waals surface area contributed by atoms with Gasteiger partial charge in [-0.3, -0.25) is 14.4 Å². The summed E-state index contributed by atoms with van der Waals surface area (Å²) in [7, 11) is 1.70. The monoisotopic (exact) mass is 488 g/mol. The number of hydrogen-bond acceptors (Lipinski definition) is 7. The number of anilines is 4. The second kappa shape index (κ2) is 9.08. The van der Waals surface area contributed by atoms with E-state index in [1.54, 1.807) is 35.2 Å². The summed E-state index contributed by atoms with van der Waals surface area (Å²) in [6.45, 7) is 6.87. The minimum absolute atomic E-state index is 0.00807. The maximum absolute atomic E-state index is 13.7. The fourth-order valence-electron chi connectivity index (χ4n) is 4.91. The van der Waals surface area contributed by atoms with Crippen LogP contribution < -0.4 is 15.1 Å². The topological polar surface area (TPSA) is 120 Å². The quantitative estimate of drug-likeness (QED) is 0.512. The van der Waals surface area contributed by atoms with E-state index in [1.807, 2.05) is 36.1 Å². The van der Waals surface area contributed by atoms with Crippen LogP contribution in [0.4, 0.5) is 27.9 Å². The highest BCUT2D eigenvalue weighted by Gasteiger charge is 2.46. The third-order valence-electron chi connectivity index (χ3n) is 6.86. The summed E-state index contributed by atoms with van der Waals surface area (Å²) in [6, 6.07) is 7.52. The lowest BCUT2D eigenvalue weighted by atomic mass is 9.81. The molecule has 1 aromatic carbocycles. The van der Waals surface area contributed by atoms with E-state index in [4.69, 9.17) is 5.11 Å². The first kappa shape index (κ1) is 23.5. The van der Waals surface area contributed by atoms with Crippen molar-refractivity contribution in [1.82, 2.24) is 24.6 Å². The van der Waals surface area contributed by atoms with Crippen LogP contribution in [0.25, 0.3) is 0 Å². The van der Waals surface area contributed by atoms with Gasteiger partial charge in [0.15, 0.2) is 0 Å². The molecule has 3 aromatic rings. The molecule has 3 amide bonds. The highest BCUT2D eigenvalue weighted by Crippen LogP contribution is 2.45. The molecule has 2 aliphatic rings. The van der Waals surface area contributed by atoms with Gasteiger partial charge in [-0.25, -0.2) is 9.78 Å². The molecule has 0 saturated heterocycles. The zero-order chi connectivity index (χ0) is 25.4. The first-order valence-electron chi connectivity index (χ1n) is 11.7. The van der Waals surface area contributed by atoms with Gasteiger partial charge in [0.1, 0.15) is 5.82 Å². The van der Waals surface area contributed by atoms with E-state index >= 15 is 0 Å². The minimum Gasteiger partial charge on any atom is -0.394 e. The fourth-order valence-corrected chi connectivity index (χ4v) is 4.91. The number of nitrogens with one attached hydrogen (secondary N) is 1. The van der Waals surface area contributed by atoms with Crippen LogP contribution in [-0.4, -0.2) is 61.9 Å². The maximum Gasteiger partial charge on any atom is 0.326 e. The third kappa shape index (κ3) is 3.87. The van der Waals surface area contributed by atoms with E-state index in [0.29, 0.717) is 43.5 Å². The van der Waals surface area contributed by atoms with E-state index in [0.717, 1.165) is 16.8 Å². The normalized spacial score (nSPS) is 19.1. The maximum atomic E-state index is 13.7. The fraction of sp³-hybridized carbons (Fsp3) is 0.320. The second-order valence-corrected chi connectivity index (χ2v) is 9.05. The Morgan fingerprint density at radius 3 is 2.89 bits per heavy atom. The molecule has 2 aromatic heterocycles. The number of carbonyl (C=O) groups is 2. The van der Waals surface area contributed by atoms with Crippen LogP contribution in [0, 0.1) is 0 Å². The Bertz CT molecular complexity index is 1340. The standard InChI is InChI=1S/C25H28N8O3/c1-4-21(35)32-10-9-25(2,19-7-5-6-8-20(19)32)33-15-17-13-26-23(29-22(17)30(3)24(33)36)28-18-14-27-31(16-18)11-12-34/h4-8,13-14,16,34H,1,9-12,15H2,2-3H3,(H,26,28,29). The molecule has 0 fully saturated rings. The molecule has 186 valence electrons. The molecule has 1 atom stereocenters. The molecular formula is C25H28N8O3. The Hall–Kier alpha value is -4.25. The molecule has 0 spiro atoms. The number of carbonyl (C=O) groups excluding carboxylic acids is 2. The highest BCUT2D eigenvalue weighted by molar-refractivity contribution is 6.02. The summed E-state index contributed by atoms with van der Waals surface area (Å²) in [5.41, 5.74) is 2.57. The number of hydrogen-bond donors (Lipinski definition) is 2. The van der Waals surface area contributed by atoms with Crippen LogP contribution in [0.5, 0.6) is 0 Å². The first-order valence-corrected chi connectivity index (χ1v) is 11.7. The summed E-state index contributed by atoms with van der Waals surface area (Å²) >= 11 is 0. The predicted octanol–water partition coefficient (Wildman–Crippen LogP) is 2.62. The summed E-state index contributed by atoms with van der Waals surface area (Å²) < 4.78 is 1.61. The molecule has 0 aliphatic carbocycles. The summed E-state index contributed by atoms with van der Waals surface area (Å²) in [5, 5.41) is 16.3. The van der Waals surface area contributed by atoms with Gasteiger partial charge < -0.3 is 20.2 Å². The van der Waals surface area contributed by atoms with Crippen molar-refractivity contribution >= 4 is 35.1 Å². The van der Waals surface area contributed by atoms with Gasteiger partial charge in [0.05, 0.1) is 37.1 Å². The molecule has 0 radical (unpaired) electrons. The average Bonchev–Trinajstić information content (AvgIpc) is 3.33. The Kier molecular flexibility index (Phi) is 5.92. The lowest BCUT2D eigenvalue weighted by Gasteiger charge is -2.50. The van der Waals surface area contributed by atoms with Crippen LogP contribution in [0.1, 0.15) is 24.5 Å². The van der Waals surface area contributed by atoms with E-state index in [-0.39, 0.29) is 18.5 Å². The van der Waals surface area contributed by atoms with Crippen LogP contribution >= 0.6 is 0 Å². The molecule has 1 unspecified atom stereocenters. The summed E-state index contributed by atoms with van der Waals surface area (Å²) in [5.74, 6) is 0.720. The van der Waals surface area contributed by atoms with E-state index in [2.05, 4.69) is 27.0 Å². The number of rotatable bonds is 6. The van der Waals surface area contributed by atoms with Crippen molar-refractivity contribution in [3.63, 3.8) is 0 Å². The van der Waals surface area contributed by atoms with E-state index in [9.17, 15) is 9.59 Å². The summed E-state index contributed by atoms with van der Waals surface area (Å²) in [4.78, 5) is 40.3. The van der Waals surface area contributed by atoms with Gasteiger partial charge in [0, 0.05) is 42.8 Å². The number of aromatic nitrogens is 4. The first-order chi connectivity index (χ1) is 17.4. The number of urea groups is 1. The lowest BCUT2D eigenvalue weighted by Crippen LogP contribution is -2.57. The number of benzene rings is 1. The van der Waals surface area contributed by atoms with Crippen molar-refractivity contribution in [1.29, 1.82) is 0 Å². The van der Waals surface area contributed by atoms with Crippen molar-refractivity contribution in [2.45, 2.75) is 32.0 Å². The van der Waals surface area contributed by atoms with Crippen LogP contribution in [0.15, 0.2) is 55.5 Å². The number of amides is 3. The molecule has 5 rings (SSSR count). The molecular weight excluding hydrogens is 460 g/mol. The van der Waals surface area contributed by atoms with Gasteiger partial charge >= 0.3 is 6.03 Å². The zero-order valence-electron chi connectivity index (χ0n) is 20.3. The summed E-state index contributed by atoms with van der Waals surface area (Å²) in [6.07, 6.45) is 6.99. The van der Waals surface area contributed by atoms with Crippen LogP contribution in [-0.2, 0) is 23.4 Å². The van der Waals surface area contributed by atoms with E-state index < -0.39 is 5.54 Å². The second-order valence-electron chi connectivity index (χ2n) is 9.05. The van der Waals surface area contributed by atoms with Crippen LogP contribution in [0.3, 0.4) is 0 Å². The molecule has 2 aliphatic heterocycles. The van der Waals surface area contributed by atoms with Crippen molar-refractivity contribution in [3.8, 4) is 0 Å². The lowest BCUT2D eigenvalue weighted by molar-refractivity contribution is -0.114. The van der Waals surface area contributed by atoms with Gasteiger partial charge in [0.2, 0.25) is 11.9 Å². The molecule has 36 heavy (non-hydrogen) atoms. The van der Waals surface area contributed by atoms with Gasteiger partial charge in [-0.15, -0.1) is 0 Å². The van der Waals surface area contributed by atoms with Crippen LogP contribution in [0.2, 0.25) is 0 Å². The predicted molar refractivity (Wildman–Crippen MR) is 135 cm³/mol. The van der Waals surface area contributed by atoms with Crippen molar-refractivity contribution < 1.29 is 14.7 Å². The molecule has 4 heterocycles. The van der Waals surface area contributed by atoms with Gasteiger partial charge in [-0.1, -0.05) is 24.8 Å². The molecule has 0 bridgehead atoms. The van der Waals surface area contributed by atoms with Gasteiger partial charge in [-0.2, -0.15) is 10.1 Å². The Morgan fingerprint density at radius 2 is 2.11 bits per heavy atom. The highest BCUT2D eigenvalue weighted by atomic mass is 16.3. The van der Waals surface area contributed by atoms with Gasteiger partial charge in [0.25, 0.3) is 0 Å². The Morgan fingerprint density at radius 1 is 1.31 bits per heavy atom. The Balaban J connectivity index is 1.44. The third-order valence-corrected chi connectivity index (χ3v) is 6.86. The SMILES string of the molecule is C=CC(=O)N1CCC(C)(N2Cc3cnc(Nc4cnn(CCO)c4)nc3N(C)C2=O)c2ccccc21. The minimum atomic E-state index is -0.629. The Labute approximate surface area is 208 Å². The van der Waals surface area contributed by atoms with E-state index in [1.165, 1.54) is 11.0 Å². The van der Waals surface area contributed by atoms with Crippen molar-refractivity contribution in [2.24, 2.45) is 0 Å².